The van der Waals surface area contributed by atoms with Crippen molar-refractivity contribution in [1.82, 2.24) is 5.32 Å². The molecule has 0 radical (unpaired) electrons. The average Bonchev–Trinajstić information content (AvgIpc) is 2.73. The van der Waals surface area contributed by atoms with Crippen molar-refractivity contribution >= 4 is 27.4 Å². The third kappa shape index (κ3) is 4.96. The zero-order valence-electron chi connectivity index (χ0n) is 16.1. The molecule has 0 bridgehead atoms. The smallest absolute Gasteiger partial charge is 0.117 e. The molecule has 3 aromatic carbocycles. The van der Waals surface area contributed by atoms with Crippen molar-refractivity contribution in [1.29, 1.82) is 0 Å². The van der Waals surface area contributed by atoms with Gasteiger partial charge in [-0.3, -0.25) is 0 Å². The van der Waals surface area contributed by atoms with Crippen molar-refractivity contribution in [3.8, 4) is 0 Å². The van der Waals surface area contributed by atoms with Crippen LogP contribution in [0.3, 0.4) is 0 Å². The predicted octanol–water partition coefficient (Wildman–Crippen LogP) is 4.83. The molecule has 1 atom stereocenters. The topological polar surface area (TPSA) is 41.1 Å². The molecule has 27 heavy (non-hydrogen) atoms. The minimum absolute atomic E-state index is 0.604. The van der Waals surface area contributed by atoms with E-state index in [0.29, 0.717) is 5.75 Å². The molecule has 1 aliphatic rings. The lowest BCUT2D eigenvalue weighted by atomic mass is 10.0. The quantitative estimate of drug-likeness (QED) is 0.666. The zero-order valence-corrected chi connectivity index (χ0v) is 16.9. The summed E-state index contributed by atoms with van der Waals surface area (Å²) in [6.07, 6.45) is 1.84. The van der Waals surface area contributed by atoms with Gasteiger partial charge in [0.1, 0.15) is 11.0 Å². The van der Waals surface area contributed by atoms with Gasteiger partial charge in [0.15, 0.2) is 0 Å². The van der Waals surface area contributed by atoms with E-state index in [-0.39, 0.29) is 0 Å². The van der Waals surface area contributed by atoms with Gasteiger partial charge in [0.25, 0.3) is 0 Å². The molecule has 0 saturated heterocycles. The van der Waals surface area contributed by atoms with Crippen molar-refractivity contribution in [2.45, 2.75) is 33.2 Å². The summed E-state index contributed by atoms with van der Waals surface area (Å²) >= 11 is 0. The summed E-state index contributed by atoms with van der Waals surface area (Å²) < 4.78 is 15.6. The fraction of sp³-hybridized carbons (Fsp3) is 0.304. The molecule has 1 aliphatic heterocycles. The molecule has 1 unspecified atom stereocenters. The molecular weight excluding hydrogens is 352 g/mol. The maximum atomic E-state index is 12.5. The van der Waals surface area contributed by atoms with Gasteiger partial charge in [0, 0.05) is 18.0 Å². The van der Waals surface area contributed by atoms with Crippen LogP contribution in [0.15, 0.2) is 60.7 Å². The van der Waals surface area contributed by atoms with Crippen LogP contribution < -0.4 is 10.0 Å². The molecule has 0 saturated carbocycles. The minimum Gasteiger partial charge on any atom is -0.312 e. The second kappa shape index (κ2) is 9.67. The van der Waals surface area contributed by atoms with E-state index in [0.717, 1.165) is 31.6 Å². The highest BCUT2D eigenvalue weighted by Crippen LogP contribution is 2.21. The molecule has 4 rings (SSSR count). The molecule has 0 aliphatic carbocycles. The minimum atomic E-state index is -1.08. The van der Waals surface area contributed by atoms with E-state index in [1.54, 1.807) is 0 Å². The van der Waals surface area contributed by atoms with Gasteiger partial charge in [-0.15, -0.1) is 0 Å². The second-order valence-corrected chi connectivity index (χ2v) is 7.75. The van der Waals surface area contributed by atoms with Crippen LogP contribution >= 0.6 is 0 Å². The van der Waals surface area contributed by atoms with E-state index in [1.807, 2.05) is 19.9 Å². The maximum Gasteiger partial charge on any atom is 0.117 e. The Labute approximate surface area is 164 Å². The monoisotopic (exact) mass is 380 g/mol. The maximum absolute atomic E-state index is 12.5. The normalized spacial score (nSPS) is 14.0. The molecule has 3 nitrogen and oxygen atoms in total. The van der Waals surface area contributed by atoms with Crippen LogP contribution in [0.2, 0.25) is 0 Å². The fourth-order valence-electron chi connectivity index (χ4n) is 3.44. The van der Waals surface area contributed by atoms with Gasteiger partial charge in [-0.2, -0.15) is 0 Å². The van der Waals surface area contributed by atoms with Crippen LogP contribution in [0.4, 0.5) is 5.69 Å². The molecule has 3 aromatic rings. The van der Waals surface area contributed by atoms with E-state index in [9.17, 15) is 4.21 Å². The molecule has 4 heteroatoms. The van der Waals surface area contributed by atoms with Crippen LogP contribution in [-0.4, -0.2) is 16.5 Å². The average molecular weight is 381 g/mol. The lowest BCUT2D eigenvalue weighted by Crippen LogP contribution is -2.23. The molecule has 0 spiro atoms. The summed E-state index contributed by atoms with van der Waals surface area (Å²) in [5.74, 6) is 0.604. The number of hydrogen-bond acceptors (Lipinski definition) is 2. The molecule has 142 valence electrons. The SMILES string of the molecule is CC.O=S(CCc1cccc2ccccc12)Nc1ccc2c(c1)CCNC2. The van der Waals surface area contributed by atoms with Crippen LogP contribution in [0.1, 0.15) is 30.5 Å². The van der Waals surface area contributed by atoms with Crippen molar-refractivity contribution in [2.75, 3.05) is 17.0 Å². The highest BCUT2D eigenvalue weighted by atomic mass is 32.2. The van der Waals surface area contributed by atoms with E-state index >= 15 is 0 Å². The molecule has 0 amide bonds. The summed E-state index contributed by atoms with van der Waals surface area (Å²) in [6, 6.07) is 21.0. The number of anilines is 1. The molecule has 0 fully saturated rings. The molecule has 0 aromatic heterocycles. The van der Waals surface area contributed by atoms with Crippen LogP contribution in [-0.2, 0) is 30.4 Å². The molecule has 2 N–H and O–H groups in total. The van der Waals surface area contributed by atoms with E-state index in [2.05, 4.69) is 64.6 Å². The van der Waals surface area contributed by atoms with E-state index in [1.165, 1.54) is 27.5 Å². The first-order valence-corrected chi connectivity index (χ1v) is 11.1. The summed E-state index contributed by atoms with van der Waals surface area (Å²) in [5, 5.41) is 5.86. The summed E-state index contributed by atoms with van der Waals surface area (Å²) in [4.78, 5) is 0. The first-order valence-electron chi connectivity index (χ1n) is 9.74. The molecule has 1 heterocycles. The summed E-state index contributed by atoms with van der Waals surface area (Å²) in [5.41, 5.74) is 4.91. The van der Waals surface area contributed by atoms with Gasteiger partial charge in [-0.05, 0) is 59.0 Å². The Bertz CT molecular complexity index is 918. The lowest BCUT2D eigenvalue weighted by Gasteiger charge is -2.18. The van der Waals surface area contributed by atoms with Crippen molar-refractivity contribution in [3.63, 3.8) is 0 Å². The third-order valence-electron chi connectivity index (χ3n) is 4.76. The number of fused-ring (bicyclic) bond motifs is 2. The number of benzene rings is 3. The Morgan fingerprint density at radius 3 is 2.70 bits per heavy atom. The van der Waals surface area contributed by atoms with Crippen molar-refractivity contribution in [3.05, 3.63) is 77.4 Å². The summed E-state index contributed by atoms with van der Waals surface area (Å²) in [7, 11) is -1.08. The highest BCUT2D eigenvalue weighted by molar-refractivity contribution is 7.86. The van der Waals surface area contributed by atoms with Gasteiger partial charge in [-0.25, -0.2) is 4.21 Å². The predicted molar refractivity (Wildman–Crippen MR) is 117 cm³/mol. The zero-order chi connectivity index (χ0) is 19.1. The fourth-order valence-corrected chi connectivity index (χ4v) is 4.33. The molecular formula is C23H28N2OS. The lowest BCUT2D eigenvalue weighted by molar-refractivity contribution is 0.644. The van der Waals surface area contributed by atoms with Gasteiger partial charge in [-0.1, -0.05) is 62.4 Å². The van der Waals surface area contributed by atoms with Gasteiger partial charge in [0.05, 0.1) is 0 Å². The largest absolute Gasteiger partial charge is 0.312 e. The Hall–Kier alpha value is -2.17. The Morgan fingerprint density at radius 2 is 1.81 bits per heavy atom. The first-order chi connectivity index (χ1) is 13.3. The summed E-state index contributed by atoms with van der Waals surface area (Å²) in [6.45, 7) is 5.94. The van der Waals surface area contributed by atoms with Crippen LogP contribution in [0, 0.1) is 0 Å². The van der Waals surface area contributed by atoms with Crippen molar-refractivity contribution in [2.24, 2.45) is 0 Å². The van der Waals surface area contributed by atoms with Crippen LogP contribution in [0.5, 0.6) is 0 Å². The second-order valence-electron chi connectivity index (χ2n) is 6.45. The third-order valence-corrected chi connectivity index (χ3v) is 5.80. The van der Waals surface area contributed by atoms with Gasteiger partial charge in [0.2, 0.25) is 0 Å². The first kappa shape index (κ1) is 19.6. The Kier molecular flexibility index (Phi) is 7.02. The standard InChI is InChI=1S/C21H22N2OS.C2H6/c24-25(23-20-9-8-19-15-22-12-10-18(19)14-20)13-11-17-6-3-5-16-4-1-2-7-21(16)17;1-2/h1-9,14,22-23H,10-13,15H2;1-2H3. The van der Waals surface area contributed by atoms with Gasteiger partial charge < -0.3 is 10.0 Å². The number of aryl methyl sites for hydroxylation is 1. The number of rotatable bonds is 5. The number of hydrogen-bond donors (Lipinski definition) is 2. The Morgan fingerprint density at radius 1 is 1.00 bits per heavy atom. The van der Waals surface area contributed by atoms with Gasteiger partial charge >= 0.3 is 0 Å². The number of nitrogens with one attached hydrogen (secondary N) is 2. The van der Waals surface area contributed by atoms with E-state index < -0.39 is 11.0 Å². The van der Waals surface area contributed by atoms with Crippen molar-refractivity contribution < 1.29 is 4.21 Å². The highest BCUT2D eigenvalue weighted by Gasteiger charge is 2.10. The van der Waals surface area contributed by atoms with Crippen LogP contribution in [0.25, 0.3) is 10.8 Å². The Balaban J connectivity index is 0.00000102. The van der Waals surface area contributed by atoms with E-state index in [4.69, 9.17) is 0 Å².